The zero-order chi connectivity index (χ0) is 13.2. The molecule has 0 aliphatic heterocycles. The van der Waals surface area contributed by atoms with Gasteiger partial charge in [-0.2, -0.15) is 0 Å². The van der Waals surface area contributed by atoms with Crippen LogP contribution >= 0.6 is 15.9 Å². The number of halogens is 1. The van der Waals surface area contributed by atoms with E-state index in [1.54, 1.807) is 6.20 Å². The maximum absolute atomic E-state index is 4.41. The van der Waals surface area contributed by atoms with Crippen molar-refractivity contribution in [1.29, 1.82) is 0 Å². The minimum Gasteiger partial charge on any atom is -0.340 e. The Morgan fingerprint density at radius 2 is 1.89 bits per heavy atom. The van der Waals surface area contributed by atoms with Crippen LogP contribution in [-0.2, 0) is 0 Å². The molecule has 0 unspecified atom stereocenters. The highest BCUT2D eigenvalue weighted by atomic mass is 79.9. The lowest BCUT2D eigenvalue weighted by molar-refractivity contribution is 1.20. The number of aryl methyl sites for hydroxylation is 1. The second-order valence-electron chi connectivity index (χ2n) is 4.37. The number of aromatic nitrogens is 2. The van der Waals surface area contributed by atoms with Gasteiger partial charge in [0.25, 0.3) is 0 Å². The lowest BCUT2D eigenvalue weighted by Crippen LogP contribution is -1.94. The molecule has 2 heterocycles. The van der Waals surface area contributed by atoms with E-state index in [9.17, 15) is 0 Å². The Bertz CT molecular complexity index is 740. The molecule has 19 heavy (non-hydrogen) atoms. The number of anilines is 2. The van der Waals surface area contributed by atoms with Crippen molar-refractivity contribution in [2.45, 2.75) is 6.92 Å². The van der Waals surface area contributed by atoms with Crippen LogP contribution in [0.3, 0.4) is 0 Å². The highest BCUT2D eigenvalue weighted by Crippen LogP contribution is 2.23. The summed E-state index contributed by atoms with van der Waals surface area (Å²) in [5, 5.41) is 5.57. The molecule has 0 radical (unpaired) electrons. The number of pyridine rings is 2. The molecule has 3 nitrogen and oxygen atoms in total. The van der Waals surface area contributed by atoms with E-state index in [-0.39, 0.29) is 0 Å². The number of hydrogen-bond donors (Lipinski definition) is 1. The van der Waals surface area contributed by atoms with E-state index < -0.39 is 0 Å². The Morgan fingerprint density at radius 3 is 2.74 bits per heavy atom. The highest BCUT2D eigenvalue weighted by Gasteiger charge is 2.00. The van der Waals surface area contributed by atoms with Crippen molar-refractivity contribution in [3.8, 4) is 0 Å². The minimum atomic E-state index is 0.830. The number of hydrogen-bond acceptors (Lipinski definition) is 3. The number of benzene rings is 1. The summed E-state index contributed by atoms with van der Waals surface area (Å²) in [6.07, 6.45) is 3.66. The van der Waals surface area contributed by atoms with Crippen LogP contribution in [0.2, 0.25) is 0 Å². The highest BCUT2D eigenvalue weighted by molar-refractivity contribution is 9.10. The molecule has 0 aliphatic rings. The van der Waals surface area contributed by atoms with E-state index in [1.807, 2.05) is 43.5 Å². The van der Waals surface area contributed by atoms with Crippen LogP contribution < -0.4 is 5.32 Å². The molecule has 0 saturated heterocycles. The first-order valence-electron chi connectivity index (χ1n) is 5.96. The summed E-state index contributed by atoms with van der Waals surface area (Å²) in [6, 6.07) is 12.1. The first-order valence-corrected chi connectivity index (χ1v) is 6.75. The van der Waals surface area contributed by atoms with Gasteiger partial charge in [0.15, 0.2) is 0 Å². The van der Waals surface area contributed by atoms with Crippen molar-refractivity contribution < 1.29 is 0 Å². The van der Waals surface area contributed by atoms with E-state index in [0.717, 1.165) is 32.4 Å². The zero-order valence-electron chi connectivity index (χ0n) is 10.4. The van der Waals surface area contributed by atoms with Crippen LogP contribution in [0, 0.1) is 6.92 Å². The Hall–Kier alpha value is -1.94. The maximum Gasteiger partial charge on any atom is 0.130 e. The molecule has 0 saturated carbocycles. The van der Waals surface area contributed by atoms with Crippen molar-refractivity contribution in [2.24, 2.45) is 0 Å². The van der Waals surface area contributed by atoms with Gasteiger partial charge in [0, 0.05) is 33.6 Å². The Labute approximate surface area is 119 Å². The van der Waals surface area contributed by atoms with E-state index in [2.05, 4.69) is 37.3 Å². The van der Waals surface area contributed by atoms with Gasteiger partial charge in [-0.25, -0.2) is 4.98 Å². The Kier molecular flexibility index (Phi) is 3.17. The first kappa shape index (κ1) is 12.1. The second kappa shape index (κ2) is 4.97. The zero-order valence-corrected chi connectivity index (χ0v) is 12.0. The van der Waals surface area contributed by atoms with Crippen molar-refractivity contribution in [2.75, 3.05) is 5.32 Å². The molecule has 0 amide bonds. The topological polar surface area (TPSA) is 37.8 Å². The van der Waals surface area contributed by atoms with Gasteiger partial charge in [0.05, 0.1) is 0 Å². The summed E-state index contributed by atoms with van der Waals surface area (Å²) in [5.74, 6) is 0.830. The molecule has 94 valence electrons. The number of nitrogens with zero attached hydrogens (tertiary/aromatic N) is 2. The molecule has 0 aliphatic carbocycles. The predicted octanol–water partition coefficient (Wildman–Crippen LogP) is 4.44. The fourth-order valence-corrected chi connectivity index (χ4v) is 2.33. The Morgan fingerprint density at radius 1 is 1.00 bits per heavy atom. The molecular weight excluding hydrogens is 302 g/mol. The summed E-state index contributed by atoms with van der Waals surface area (Å²) < 4.78 is 1.07. The molecule has 1 N–H and O–H groups in total. The van der Waals surface area contributed by atoms with Gasteiger partial charge in [-0.3, -0.25) is 4.98 Å². The van der Waals surface area contributed by atoms with Gasteiger partial charge in [-0.15, -0.1) is 0 Å². The van der Waals surface area contributed by atoms with Crippen LogP contribution in [0.25, 0.3) is 10.8 Å². The van der Waals surface area contributed by atoms with E-state index >= 15 is 0 Å². The second-order valence-corrected chi connectivity index (χ2v) is 5.29. The van der Waals surface area contributed by atoms with Crippen LogP contribution in [0.15, 0.2) is 53.3 Å². The van der Waals surface area contributed by atoms with Gasteiger partial charge < -0.3 is 5.32 Å². The Balaban J connectivity index is 1.97. The fourth-order valence-electron chi connectivity index (χ4n) is 1.95. The van der Waals surface area contributed by atoms with Gasteiger partial charge in [0.1, 0.15) is 5.82 Å². The van der Waals surface area contributed by atoms with Crippen molar-refractivity contribution >= 4 is 38.2 Å². The molecule has 0 spiro atoms. The normalized spacial score (nSPS) is 10.6. The fraction of sp³-hybridized carbons (Fsp3) is 0.0667. The molecule has 0 bridgehead atoms. The summed E-state index contributed by atoms with van der Waals surface area (Å²) in [5.41, 5.74) is 1.97. The standard InChI is InChI=1S/C15H12BrN3/c1-10-6-14(4-5-17-10)19-15-8-12-7-13(16)3-2-11(12)9-18-15/h2-9H,1H3,(H,17,18,19). The number of nitrogens with one attached hydrogen (secondary N) is 1. The average molecular weight is 314 g/mol. The van der Waals surface area contributed by atoms with Crippen LogP contribution in [0.5, 0.6) is 0 Å². The molecular formula is C15H12BrN3. The van der Waals surface area contributed by atoms with Crippen molar-refractivity contribution in [1.82, 2.24) is 9.97 Å². The van der Waals surface area contributed by atoms with Crippen LogP contribution in [0.4, 0.5) is 11.5 Å². The predicted molar refractivity (Wildman–Crippen MR) is 81.7 cm³/mol. The molecule has 1 aromatic carbocycles. The maximum atomic E-state index is 4.41. The smallest absolute Gasteiger partial charge is 0.130 e. The van der Waals surface area contributed by atoms with E-state index in [0.29, 0.717) is 0 Å². The van der Waals surface area contributed by atoms with Crippen LogP contribution in [0.1, 0.15) is 5.69 Å². The summed E-state index contributed by atoms with van der Waals surface area (Å²) in [7, 11) is 0. The first-order chi connectivity index (χ1) is 9.20. The molecule has 4 heteroatoms. The van der Waals surface area contributed by atoms with Crippen molar-refractivity contribution in [3.63, 3.8) is 0 Å². The lowest BCUT2D eigenvalue weighted by atomic mass is 10.2. The molecule has 3 aromatic rings. The monoisotopic (exact) mass is 313 g/mol. The molecule has 2 aromatic heterocycles. The molecule has 3 rings (SSSR count). The van der Waals surface area contributed by atoms with Gasteiger partial charge in [0.2, 0.25) is 0 Å². The third kappa shape index (κ3) is 2.74. The van der Waals surface area contributed by atoms with Crippen molar-refractivity contribution in [3.05, 3.63) is 59.0 Å². The van der Waals surface area contributed by atoms with Gasteiger partial charge in [-0.05, 0) is 42.6 Å². The summed E-state index contributed by atoms with van der Waals surface area (Å²) >= 11 is 3.48. The van der Waals surface area contributed by atoms with E-state index in [4.69, 9.17) is 0 Å². The third-order valence-electron chi connectivity index (χ3n) is 2.85. The SMILES string of the molecule is Cc1cc(Nc2cc3cc(Br)ccc3cn2)ccn1. The summed E-state index contributed by atoms with van der Waals surface area (Å²) in [4.78, 5) is 8.59. The average Bonchev–Trinajstić information content (AvgIpc) is 2.38. The minimum absolute atomic E-state index is 0.830. The largest absolute Gasteiger partial charge is 0.340 e. The molecule has 0 fully saturated rings. The number of fused-ring (bicyclic) bond motifs is 1. The quantitative estimate of drug-likeness (QED) is 0.759. The number of rotatable bonds is 2. The summed E-state index contributed by atoms with van der Waals surface area (Å²) in [6.45, 7) is 1.97. The van der Waals surface area contributed by atoms with E-state index in [1.165, 1.54) is 0 Å². The lowest BCUT2D eigenvalue weighted by Gasteiger charge is -2.07. The third-order valence-corrected chi connectivity index (χ3v) is 3.35. The van der Waals surface area contributed by atoms with Crippen LogP contribution in [-0.4, -0.2) is 9.97 Å². The van der Waals surface area contributed by atoms with Gasteiger partial charge in [-0.1, -0.05) is 22.0 Å². The molecule has 0 atom stereocenters. The van der Waals surface area contributed by atoms with Gasteiger partial charge >= 0.3 is 0 Å².